The van der Waals surface area contributed by atoms with Gasteiger partial charge in [-0.25, -0.2) is 0 Å². The average molecular weight is 358 g/mol. The number of aromatic nitrogens is 2. The lowest BCUT2D eigenvalue weighted by atomic mass is 10.1. The van der Waals surface area contributed by atoms with Crippen LogP contribution in [0.4, 0.5) is 5.69 Å². The minimum Gasteiger partial charge on any atom is -0.494 e. The predicted octanol–water partition coefficient (Wildman–Crippen LogP) is 4.02. The SMILES string of the molecule is CCOc1ccc(NC(=O)/C(C#N)=C\c2cn[nH]c2-c2ccccc2)cc1. The largest absolute Gasteiger partial charge is 0.494 e. The van der Waals surface area contributed by atoms with Gasteiger partial charge in [0.15, 0.2) is 0 Å². The molecule has 1 amide bonds. The van der Waals surface area contributed by atoms with Crippen LogP contribution in [-0.4, -0.2) is 22.7 Å². The molecular formula is C21H18N4O2. The monoisotopic (exact) mass is 358 g/mol. The van der Waals surface area contributed by atoms with Gasteiger partial charge in [-0.1, -0.05) is 30.3 Å². The van der Waals surface area contributed by atoms with Gasteiger partial charge in [0.25, 0.3) is 5.91 Å². The van der Waals surface area contributed by atoms with Crippen molar-refractivity contribution in [1.82, 2.24) is 10.2 Å². The third-order valence-corrected chi connectivity index (χ3v) is 3.82. The van der Waals surface area contributed by atoms with E-state index in [1.54, 1.807) is 30.5 Å². The number of amides is 1. The van der Waals surface area contributed by atoms with Crippen LogP contribution in [0.1, 0.15) is 12.5 Å². The molecule has 0 aliphatic rings. The molecule has 2 aromatic carbocycles. The molecule has 0 unspecified atom stereocenters. The van der Waals surface area contributed by atoms with E-state index in [9.17, 15) is 10.1 Å². The van der Waals surface area contributed by atoms with Crippen LogP contribution in [0.15, 0.2) is 66.4 Å². The molecule has 134 valence electrons. The van der Waals surface area contributed by atoms with E-state index in [0.717, 1.165) is 17.0 Å². The molecule has 3 rings (SSSR count). The van der Waals surface area contributed by atoms with Crippen LogP contribution in [0.5, 0.6) is 5.75 Å². The van der Waals surface area contributed by atoms with Gasteiger partial charge in [-0.15, -0.1) is 0 Å². The molecule has 0 radical (unpaired) electrons. The molecule has 27 heavy (non-hydrogen) atoms. The van der Waals surface area contributed by atoms with E-state index < -0.39 is 5.91 Å². The Hall–Kier alpha value is -3.85. The Morgan fingerprint density at radius 1 is 1.22 bits per heavy atom. The molecule has 0 aliphatic carbocycles. The summed E-state index contributed by atoms with van der Waals surface area (Å²) in [5.74, 6) is 0.235. The van der Waals surface area contributed by atoms with Crippen LogP contribution in [0.3, 0.4) is 0 Å². The zero-order valence-corrected chi connectivity index (χ0v) is 14.8. The van der Waals surface area contributed by atoms with Crippen molar-refractivity contribution in [2.75, 3.05) is 11.9 Å². The molecule has 3 aromatic rings. The Morgan fingerprint density at radius 3 is 2.63 bits per heavy atom. The lowest BCUT2D eigenvalue weighted by Gasteiger charge is -2.06. The second-order valence-electron chi connectivity index (χ2n) is 5.65. The first kappa shape index (κ1) is 18.0. The van der Waals surface area contributed by atoms with Crippen LogP contribution >= 0.6 is 0 Å². The highest BCUT2D eigenvalue weighted by Crippen LogP contribution is 2.23. The van der Waals surface area contributed by atoms with Gasteiger partial charge in [-0.3, -0.25) is 9.89 Å². The molecule has 1 heterocycles. The fourth-order valence-electron chi connectivity index (χ4n) is 2.54. The van der Waals surface area contributed by atoms with Crippen molar-refractivity contribution in [3.8, 4) is 23.1 Å². The summed E-state index contributed by atoms with van der Waals surface area (Å²) in [5.41, 5.74) is 2.91. The van der Waals surface area contributed by atoms with Crippen LogP contribution < -0.4 is 10.1 Å². The molecule has 6 heteroatoms. The van der Waals surface area contributed by atoms with Crippen molar-refractivity contribution >= 4 is 17.7 Å². The number of H-pyrrole nitrogens is 1. The molecular weight excluding hydrogens is 340 g/mol. The maximum absolute atomic E-state index is 12.5. The number of rotatable bonds is 6. The number of hydrogen-bond acceptors (Lipinski definition) is 4. The fraction of sp³-hybridized carbons (Fsp3) is 0.0952. The number of carbonyl (C=O) groups is 1. The van der Waals surface area contributed by atoms with Gasteiger partial charge in [0.2, 0.25) is 0 Å². The van der Waals surface area contributed by atoms with Gasteiger partial charge in [0, 0.05) is 16.8 Å². The second kappa shape index (κ2) is 8.50. The number of nitrogens with zero attached hydrogens (tertiary/aromatic N) is 2. The van der Waals surface area contributed by atoms with Crippen molar-refractivity contribution in [2.45, 2.75) is 6.92 Å². The topological polar surface area (TPSA) is 90.8 Å². The summed E-state index contributed by atoms with van der Waals surface area (Å²) in [7, 11) is 0. The highest BCUT2D eigenvalue weighted by atomic mass is 16.5. The van der Waals surface area contributed by atoms with Gasteiger partial charge in [-0.05, 0) is 37.3 Å². The van der Waals surface area contributed by atoms with Crippen molar-refractivity contribution < 1.29 is 9.53 Å². The number of hydrogen-bond donors (Lipinski definition) is 2. The van der Waals surface area contributed by atoms with Crippen LogP contribution in [0, 0.1) is 11.3 Å². The lowest BCUT2D eigenvalue weighted by Crippen LogP contribution is -2.13. The van der Waals surface area contributed by atoms with E-state index in [0.29, 0.717) is 17.9 Å². The van der Waals surface area contributed by atoms with E-state index in [-0.39, 0.29) is 5.57 Å². The molecule has 0 spiro atoms. The molecule has 6 nitrogen and oxygen atoms in total. The Labute approximate surface area is 157 Å². The van der Waals surface area contributed by atoms with E-state index in [1.165, 1.54) is 6.08 Å². The van der Waals surface area contributed by atoms with Gasteiger partial charge in [0.1, 0.15) is 17.4 Å². The van der Waals surface area contributed by atoms with Crippen molar-refractivity contribution in [2.24, 2.45) is 0 Å². The van der Waals surface area contributed by atoms with Gasteiger partial charge < -0.3 is 10.1 Å². The third kappa shape index (κ3) is 4.41. The molecule has 0 saturated carbocycles. The Kier molecular flexibility index (Phi) is 5.65. The van der Waals surface area contributed by atoms with Crippen LogP contribution in [-0.2, 0) is 4.79 Å². The van der Waals surface area contributed by atoms with Crippen molar-refractivity contribution in [3.63, 3.8) is 0 Å². The van der Waals surface area contributed by atoms with Crippen molar-refractivity contribution in [1.29, 1.82) is 5.26 Å². The van der Waals surface area contributed by atoms with E-state index in [1.807, 2.05) is 43.3 Å². The number of ether oxygens (including phenoxy) is 1. The second-order valence-corrected chi connectivity index (χ2v) is 5.65. The summed E-state index contributed by atoms with van der Waals surface area (Å²) in [5, 5.41) is 19.1. The molecule has 2 N–H and O–H groups in total. The lowest BCUT2D eigenvalue weighted by molar-refractivity contribution is -0.112. The summed E-state index contributed by atoms with van der Waals surface area (Å²) in [6.07, 6.45) is 3.11. The Morgan fingerprint density at radius 2 is 1.96 bits per heavy atom. The number of benzene rings is 2. The molecule has 0 aliphatic heterocycles. The molecule has 0 atom stereocenters. The van der Waals surface area contributed by atoms with Gasteiger partial charge in [-0.2, -0.15) is 10.4 Å². The van der Waals surface area contributed by atoms with Crippen LogP contribution in [0.2, 0.25) is 0 Å². The number of nitriles is 1. The maximum Gasteiger partial charge on any atom is 0.266 e. The predicted molar refractivity (Wildman–Crippen MR) is 104 cm³/mol. The van der Waals surface area contributed by atoms with Crippen LogP contribution in [0.25, 0.3) is 17.3 Å². The zero-order chi connectivity index (χ0) is 19.1. The van der Waals surface area contributed by atoms with Crippen molar-refractivity contribution in [3.05, 3.63) is 71.9 Å². The first-order valence-corrected chi connectivity index (χ1v) is 8.46. The molecule has 0 saturated heterocycles. The first-order chi connectivity index (χ1) is 13.2. The summed E-state index contributed by atoms with van der Waals surface area (Å²) in [4.78, 5) is 12.5. The summed E-state index contributed by atoms with van der Waals surface area (Å²) in [6, 6.07) is 18.5. The maximum atomic E-state index is 12.5. The molecule has 0 fully saturated rings. The molecule has 1 aromatic heterocycles. The minimum absolute atomic E-state index is 0.0116. The zero-order valence-electron chi connectivity index (χ0n) is 14.8. The van der Waals surface area contributed by atoms with E-state index >= 15 is 0 Å². The summed E-state index contributed by atoms with van der Waals surface area (Å²) in [6.45, 7) is 2.47. The Bertz CT molecular complexity index is 983. The van der Waals surface area contributed by atoms with E-state index in [4.69, 9.17) is 4.74 Å². The Balaban J connectivity index is 1.80. The highest BCUT2D eigenvalue weighted by Gasteiger charge is 2.13. The quantitative estimate of drug-likeness (QED) is 0.514. The normalized spacial score (nSPS) is 10.9. The standard InChI is InChI=1S/C21H18N4O2/c1-2-27-19-10-8-18(9-11-19)24-21(26)16(13-22)12-17-14-23-25-20(17)15-6-4-3-5-7-15/h3-12,14H,2H2,1H3,(H,23,25)(H,24,26)/b16-12-. The number of anilines is 1. The first-order valence-electron chi connectivity index (χ1n) is 8.46. The van der Waals surface area contributed by atoms with Gasteiger partial charge in [0.05, 0.1) is 18.5 Å². The fourth-order valence-corrected chi connectivity index (χ4v) is 2.54. The average Bonchev–Trinajstić information content (AvgIpc) is 3.16. The van der Waals surface area contributed by atoms with E-state index in [2.05, 4.69) is 15.5 Å². The number of aromatic amines is 1. The third-order valence-electron chi connectivity index (χ3n) is 3.82. The summed E-state index contributed by atoms with van der Waals surface area (Å²) >= 11 is 0. The smallest absolute Gasteiger partial charge is 0.266 e. The molecule has 0 bridgehead atoms. The number of nitrogens with one attached hydrogen (secondary N) is 2. The van der Waals surface area contributed by atoms with Gasteiger partial charge >= 0.3 is 0 Å². The summed E-state index contributed by atoms with van der Waals surface area (Å²) < 4.78 is 5.37. The highest BCUT2D eigenvalue weighted by molar-refractivity contribution is 6.10. The minimum atomic E-state index is -0.484. The number of carbonyl (C=O) groups excluding carboxylic acids is 1.